The van der Waals surface area contributed by atoms with Gasteiger partial charge < -0.3 is 16.0 Å². The van der Waals surface area contributed by atoms with Crippen molar-refractivity contribution < 1.29 is 4.79 Å². The van der Waals surface area contributed by atoms with E-state index >= 15 is 0 Å². The Hall–Kier alpha value is -0.400. The average Bonchev–Trinajstić information content (AvgIpc) is 2.73. The Morgan fingerprint density at radius 3 is 2.61 bits per heavy atom. The number of hydrogen-bond acceptors (Lipinski definition) is 5. The van der Waals surface area contributed by atoms with Crippen molar-refractivity contribution in [3.8, 4) is 0 Å². The van der Waals surface area contributed by atoms with E-state index in [0.29, 0.717) is 24.8 Å². The highest BCUT2D eigenvalue weighted by Crippen LogP contribution is 2.08. The topological polar surface area (TPSA) is 71.2 Å². The van der Waals surface area contributed by atoms with Gasteiger partial charge in [-0.1, -0.05) is 0 Å². The summed E-state index contributed by atoms with van der Waals surface area (Å²) in [4.78, 5) is 17.8. The van der Waals surface area contributed by atoms with Gasteiger partial charge in [0, 0.05) is 24.5 Å². The molecule has 0 saturated carbocycles. The quantitative estimate of drug-likeness (QED) is 0.854. The van der Waals surface area contributed by atoms with Gasteiger partial charge in [0.1, 0.15) is 10.7 Å². The summed E-state index contributed by atoms with van der Waals surface area (Å²) in [5.41, 5.74) is 5.89. The van der Waals surface area contributed by atoms with Crippen molar-refractivity contribution in [1.29, 1.82) is 0 Å². The third-order valence-corrected chi connectivity index (χ3v) is 3.27. The molecule has 1 heterocycles. The fourth-order valence-corrected chi connectivity index (χ4v) is 1.68. The molecule has 1 amide bonds. The molecule has 0 fully saturated rings. The molecule has 1 atom stereocenters. The third kappa shape index (κ3) is 5.97. The lowest BCUT2D eigenvalue weighted by Gasteiger charge is -2.19. The maximum Gasteiger partial charge on any atom is 0.270 e. The van der Waals surface area contributed by atoms with Gasteiger partial charge in [-0.25, -0.2) is 4.98 Å². The van der Waals surface area contributed by atoms with E-state index in [1.165, 1.54) is 11.3 Å². The lowest BCUT2D eigenvalue weighted by molar-refractivity contribution is 0.0939. The zero-order valence-corrected chi connectivity index (χ0v) is 13.1. The van der Waals surface area contributed by atoms with Crippen LogP contribution < -0.4 is 11.1 Å². The average molecular weight is 315 g/mol. The highest BCUT2D eigenvalue weighted by atomic mass is 35.5. The van der Waals surface area contributed by atoms with Crippen LogP contribution in [0.1, 0.15) is 22.4 Å². The molecule has 18 heavy (non-hydrogen) atoms. The van der Waals surface area contributed by atoms with Crippen molar-refractivity contribution in [3.05, 3.63) is 16.1 Å². The molecule has 3 N–H and O–H groups in total. The van der Waals surface area contributed by atoms with Crippen molar-refractivity contribution >= 4 is 42.1 Å². The molecule has 0 bridgehead atoms. The van der Waals surface area contributed by atoms with E-state index in [4.69, 9.17) is 5.73 Å². The second kappa shape index (κ2) is 9.52. The van der Waals surface area contributed by atoms with Crippen molar-refractivity contribution in [2.45, 2.75) is 19.5 Å². The Bertz CT molecular complexity index is 359. The minimum Gasteiger partial charge on any atom is -0.349 e. The number of aromatic nitrogens is 1. The summed E-state index contributed by atoms with van der Waals surface area (Å²) >= 11 is 1.41. The first-order valence-electron chi connectivity index (χ1n) is 5.13. The zero-order valence-electron chi connectivity index (χ0n) is 10.7. The Labute approximate surface area is 124 Å². The predicted octanol–water partition coefficient (Wildman–Crippen LogP) is 1.13. The summed E-state index contributed by atoms with van der Waals surface area (Å²) < 4.78 is 0. The maximum atomic E-state index is 11.7. The third-order valence-electron chi connectivity index (χ3n) is 2.40. The number of carbonyl (C=O) groups excluding carboxylic acids is 1. The largest absolute Gasteiger partial charge is 0.349 e. The van der Waals surface area contributed by atoms with Crippen LogP contribution in [0.4, 0.5) is 0 Å². The molecule has 1 unspecified atom stereocenters. The Balaban J connectivity index is 0. The van der Waals surface area contributed by atoms with Crippen LogP contribution >= 0.6 is 36.2 Å². The molecule has 8 heteroatoms. The van der Waals surface area contributed by atoms with Crippen LogP contribution in [0.3, 0.4) is 0 Å². The summed E-state index contributed by atoms with van der Waals surface area (Å²) in [6.45, 7) is 3.04. The highest BCUT2D eigenvalue weighted by Gasteiger charge is 2.11. The Morgan fingerprint density at radius 2 is 2.17 bits per heavy atom. The molecule has 0 aliphatic carbocycles. The molecule has 1 aromatic rings. The van der Waals surface area contributed by atoms with Gasteiger partial charge in [-0.15, -0.1) is 36.2 Å². The Kier molecular flexibility index (Phi) is 10.5. The minimum absolute atomic E-state index is 0. The van der Waals surface area contributed by atoms with Gasteiger partial charge in [0.25, 0.3) is 5.91 Å². The number of thiazole rings is 1. The summed E-state index contributed by atoms with van der Waals surface area (Å²) in [7, 11) is 3.96. The highest BCUT2D eigenvalue weighted by molar-refractivity contribution is 7.09. The first-order valence-corrected chi connectivity index (χ1v) is 6.01. The fourth-order valence-electron chi connectivity index (χ4n) is 1.02. The van der Waals surface area contributed by atoms with Crippen LogP contribution in [0, 0.1) is 0 Å². The van der Waals surface area contributed by atoms with Gasteiger partial charge in [0.2, 0.25) is 0 Å². The van der Waals surface area contributed by atoms with Crippen LogP contribution in [0.25, 0.3) is 0 Å². The number of carbonyl (C=O) groups is 1. The van der Waals surface area contributed by atoms with E-state index in [0.717, 1.165) is 5.01 Å². The second-order valence-corrected chi connectivity index (χ2v) is 4.80. The zero-order chi connectivity index (χ0) is 12.1. The first-order chi connectivity index (χ1) is 7.54. The monoisotopic (exact) mass is 314 g/mol. The van der Waals surface area contributed by atoms with Gasteiger partial charge >= 0.3 is 0 Å². The van der Waals surface area contributed by atoms with Gasteiger partial charge in [-0.05, 0) is 21.0 Å². The number of rotatable bonds is 5. The molecule has 1 aromatic heterocycles. The van der Waals surface area contributed by atoms with E-state index < -0.39 is 0 Å². The molecule has 0 aromatic carbocycles. The van der Waals surface area contributed by atoms with Crippen LogP contribution in [0.5, 0.6) is 0 Å². The molecule has 5 nitrogen and oxygen atoms in total. The normalized spacial score (nSPS) is 11.4. The van der Waals surface area contributed by atoms with Crippen molar-refractivity contribution in [3.63, 3.8) is 0 Å². The summed E-state index contributed by atoms with van der Waals surface area (Å²) in [6.07, 6.45) is 0. The second-order valence-electron chi connectivity index (χ2n) is 3.85. The predicted molar refractivity (Wildman–Crippen MR) is 80.0 cm³/mol. The van der Waals surface area contributed by atoms with E-state index in [9.17, 15) is 4.79 Å². The van der Waals surface area contributed by atoms with Crippen molar-refractivity contribution in [2.75, 3.05) is 20.6 Å². The number of hydrogen-bond donors (Lipinski definition) is 2. The van der Waals surface area contributed by atoms with Crippen LogP contribution in [0.2, 0.25) is 0 Å². The summed E-state index contributed by atoms with van der Waals surface area (Å²) in [5, 5.41) is 5.36. The molecule has 0 aliphatic heterocycles. The van der Waals surface area contributed by atoms with Crippen molar-refractivity contribution in [2.24, 2.45) is 5.73 Å². The first kappa shape index (κ1) is 19.9. The van der Waals surface area contributed by atoms with Gasteiger partial charge in [-0.2, -0.15) is 0 Å². The maximum absolute atomic E-state index is 11.7. The number of halogens is 2. The molecule has 0 radical (unpaired) electrons. The number of nitrogens with zero attached hydrogens (tertiary/aromatic N) is 2. The molecule has 0 spiro atoms. The van der Waals surface area contributed by atoms with Crippen LogP contribution in [0.15, 0.2) is 5.38 Å². The van der Waals surface area contributed by atoms with Crippen LogP contribution in [-0.4, -0.2) is 42.5 Å². The molecule has 0 aliphatic rings. The minimum atomic E-state index is -0.135. The Morgan fingerprint density at radius 1 is 1.56 bits per heavy atom. The summed E-state index contributed by atoms with van der Waals surface area (Å²) in [5.74, 6) is -0.135. The molecule has 1 rings (SSSR count). The summed E-state index contributed by atoms with van der Waals surface area (Å²) in [6, 6.07) is 0.302. The number of nitrogens with one attached hydrogen (secondary N) is 1. The molecule has 0 saturated heterocycles. The fraction of sp³-hybridized carbons (Fsp3) is 0.600. The number of nitrogens with two attached hydrogens (primary N) is 1. The van der Waals surface area contributed by atoms with Gasteiger partial charge in [0.05, 0.1) is 0 Å². The SMILES string of the molecule is CC(CNC(=O)c1csc(CN)n1)N(C)C.Cl.Cl. The van der Waals surface area contributed by atoms with E-state index in [1.807, 2.05) is 25.9 Å². The lowest BCUT2D eigenvalue weighted by atomic mass is 10.3. The molecular formula is C10H20Cl2N4OS. The van der Waals surface area contributed by atoms with Gasteiger partial charge in [0.15, 0.2) is 0 Å². The lowest BCUT2D eigenvalue weighted by Crippen LogP contribution is -2.38. The molecular weight excluding hydrogens is 295 g/mol. The standard InChI is InChI=1S/C10H18N4OS.2ClH/c1-7(14(2)3)5-12-10(15)8-6-16-9(4-11)13-8;;/h6-7H,4-5,11H2,1-3H3,(H,12,15);2*1H. The van der Waals surface area contributed by atoms with E-state index in [-0.39, 0.29) is 30.7 Å². The number of likely N-dealkylation sites (N-methyl/N-ethyl adjacent to an activating group) is 1. The smallest absolute Gasteiger partial charge is 0.270 e. The molecule has 106 valence electrons. The van der Waals surface area contributed by atoms with E-state index in [1.54, 1.807) is 5.38 Å². The van der Waals surface area contributed by atoms with Gasteiger partial charge in [-0.3, -0.25) is 4.79 Å². The van der Waals surface area contributed by atoms with Crippen molar-refractivity contribution in [1.82, 2.24) is 15.2 Å². The van der Waals surface area contributed by atoms with E-state index in [2.05, 4.69) is 10.3 Å². The number of amides is 1. The van der Waals surface area contributed by atoms with Crippen LogP contribution in [-0.2, 0) is 6.54 Å².